The lowest BCUT2D eigenvalue weighted by Gasteiger charge is -2.37. The van der Waals surface area contributed by atoms with Crippen LogP contribution in [-0.4, -0.2) is 59.6 Å². The predicted octanol–water partition coefficient (Wildman–Crippen LogP) is 4.50. The van der Waals surface area contributed by atoms with Crippen LogP contribution in [0.2, 0.25) is 0 Å². The Morgan fingerprint density at radius 2 is 1.74 bits per heavy atom. The highest BCUT2D eigenvalue weighted by molar-refractivity contribution is 5.95. The number of carbonyl (C=O) groups is 1. The molecule has 0 bridgehead atoms. The number of aromatic nitrogens is 2. The highest BCUT2D eigenvalue weighted by Gasteiger charge is 2.30. The van der Waals surface area contributed by atoms with Crippen LogP contribution in [0.5, 0.6) is 5.75 Å². The van der Waals surface area contributed by atoms with Gasteiger partial charge in [0.1, 0.15) is 5.75 Å². The van der Waals surface area contributed by atoms with Crippen LogP contribution in [0, 0.1) is 6.92 Å². The Morgan fingerprint density at radius 3 is 2.37 bits per heavy atom. The topological polar surface area (TPSA) is 70.6 Å². The number of hydrogen-bond acceptors (Lipinski definition) is 6. The second kappa shape index (κ2) is 10.1. The van der Waals surface area contributed by atoms with Gasteiger partial charge in [0.15, 0.2) is 6.61 Å². The number of rotatable bonds is 6. The van der Waals surface area contributed by atoms with Gasteiger partial charge in [0.2, 0.25) is 5.95 Å². The number of hydrogen-bond donors (Lipinski definition) is 1. The van der Waals surface area contributed by atoms with E-state index in [0.29, 0.717) is 17.7 Å². The normalized spacial score (nSPS) is 15.0. The fraction of sp³-hybridized carbons (Fsp3) is 0.400. The third-order valence-electron chi connectivity index (χ3n) is 6.04. The van der Waals surface area contributed by atoms with Crippen LogP contribution in [0.4, 0.5) is 24.8 Å². The smallest absolute Gasteiger partial charge is 0.416 e. The standard InChI is InChI=1S/C25H28F3N5O2/c1-16(2)32-10-12-33(13-11-32)24-29-17(3)21-14-19(6-9-22(21)31-24)30-23(34)15-35-20-7-4-18(5-8-20)25(26,27)28/h4-9,14,16H,10-13,15H2,1-3H3,(H,30,34). The minimum atomic E-state index is -4.42. The summed E-state index contributed by atoms with van der Waals surface area (Å²) in [5.41, 5.74) is 1.39. The summed E-state index contributed by atoms with van der Waals surface area (Å²) in [6.07, 6.45) is -4.42. The summed E-state index contributed by atoms with van der Waals surface area (Å²) >= 11 is 0. The maximum Gasteiger partial charge on any atom is 0.416 e. The minimum Gasteiger partial charge on any atom is -0.484 e. The number of alkyl halides is 3. The van der Waals surface area contributed by atoms with E-state index in [0.717, 1.165) is 54.9 Å². The van der Waals surface area contributed by atoms with Crippen molar-refractivity contribution in [2.45, 2.75) is 33.0 Å². The van der Waals surface area contributed by atoms with Crippen molar-refractivity contribution in [1.29, 1.82) is 0 Å². The molecule has 1 fully saturated rings. The Morgan fingerprint density at radius 1 is 1.06 bits per heavy atom. The van der Waals surface area contributed by atoms with Crippen LogP contribution in [0.15, 0.2) is 42.5 Å². The third kappa shape index (κ3) is 6.00. The molecular formula is C25H28F3N5O2. The van der Waals surface area contributed by atoms with Gasteiger partial charge in [0, 0.05) is 43.3 Å². The number of fused-ring (bicyclic) bond motifs is 1. The van der Waals surface area contributed by atoms with E-state index in [9.17, 15) is 18.0 Å². The summed E-state index contributed by atoms with van der Waals surface area (Å²) < 4.78 is 43.3. The molecule has 0 atom stereocenters. The van der Waals surface area contributed by atoms with Crippen LogP contribution in [0.25, 0.3) is 10.9 Å². The van der Waals surface area contributed by atoms with Crippen LogP contribution >= 0.6 is 0 Å². The van der Waals surface area contributed by atoms with Crippen LogP contribution in [0.3, 0.4) is 0 Å². The summed E-state index contributed by atoms with van der Waals surface area (Å²) in [5, 5.41) is 3.57. The second-order valence-electron chi connectivity index (χ2n) is 8.82. The van der Waals surface area contributed by atoms with Gasteiger partial charge in [-0.3, -0.25) is 9.69 Å². The Kier molecular flexibility index (Phi) is 7.11. The van der Waals surface area contributed by atoms with Gasteiger partial charge in [-0.15, -0.1) is 0 Å². The molecule has 2 heterocycles. The molecule has 0 aliphatic carbocycles. The van der Waals surface area contributed by atoms with Crippen molar-refractivity contribution in [3.05, 3.63) is 53.7 Å². The summed E-state index contributed by atoms with van der Waals surface area (Å²) in [4.78, 5) is 26.4. The number of amides is 1. The van der Waals surface area contributed by atoms with Crippen molar-refractivity contribution in [3.8, 4) is 5.75 Å². The first-order chi connectivity index (χ1) is 16.6. The molecule has 3 aromatic rings. The first-order valence-corrected chi connectivity index (χ1v) is 11.5. The van der Waals surface area contributed by atoms with E-state index in [4.69, 9.17) is 14.7 Å². The number of carbonyl (C=O) groups excluding carboxylic acids is 1. The first kappa shape index (κ1) is 24.7. The summed E-state index contributed by atoms with van der Waals surface area (Å²) in [5.74, 6) is 0.459. The minimum absolute atomic E-state index is 0.178. The molecule has 0 saturated carbocycles. The van der Waals surface area contributed by atoms with E-state index in [1.54, 1.807) is 12.1 Å². The molecule has 1 aliphatic rings. The molecule has 0 radical (unpaired) electrons. The first-order valence-electron chi connectivity index (χ1n) is 11.5. The zero-order valence-electron chi connectivity index (χ0n) is 19.9. The lowest BCUT2D eigenvalue weighted by atomic mass is 10.1. The number of benzene rings is 2. The van der Waals surface area contributed by atoms with Crippen molar-refractivity contribution < 1.29 is 22.7 Å². The number of halogens is 3. The average Bonchev–Trinajstić information content (AvgIpc) is 2.83. The molecule has 4 rings (SSSR count). The van der Waals surface area contributed by atoms with E-state index in [2.05, 4.69) is 29.0 Å². The Hall–Kier alpha value is -3.40. The van der Waals surface area contributed by atoms with Crippen LogP contribution in [-0.2, 0) is 11.0 Å². The number of piperazine rings is 1. The van der Waals surface area contributed by atoms with Gasteiger partial charge in [0.25, 0.3) is 5.91 Å². The fourth-order valence-electron chi connectivity index (χ4n) is 4.01. The maximum absolute atomic E-state index is 12.7. The molecule has 1 amide bonds. The van der Waals surface area contributed by atoms with Crippen molar-refractivity contribution in [1.82, 2.24) is 14.9 Å². The van der Waals surface area contributed by atoms with Crippen molar-refractivity contribution in [3.63, 3.8) is 0 Å². The van der Waals surface area contributed by atoms with Crippen molar-refractivity contribution in [2.24, 2.45) is 0 Å². The summed E-state index contributed by atoms with van der Waals surface area (Å²) in [6.45, 7) is 9.66. The van der Waals surface area contributed by atoms with Gasteiger partial charge in [-0.1, -0.05) is 0 Å². The molecule has 1 saturated heterocycles. The summed E-state index contributed by atoms with van der Waals surface area (Å²) in [7, 11) is 0. The van der Waals surface area contributed by atoms with Crippen molar-refractivity contribution in [2.75, 3.05) is 43.0 Å². The fourth-order valence-corrected chi connectivity index (χ4v) is 4.01. The van der Waals surface area contributed by atoms with Gasteiger partial charge in [0.05, 0.1) is 16.8 Å². The molecule has 1 aliphatic heterocycles. The third-order valence-corrected chi connectivity index (χ3v) is 6.04. The van der Waals surface area contributed by atoms with E-state index < -0.39 is 17.6 Å². The number of nitrogens with one attached hydrogen (secondary N) is 1. The van der Waals surface area contributed by atoms with E-state index in [-0.39, 0.29) is 12.4 Å². The lowest BCUT2D eigenvalue weighted by Crippen LogP contribution is -2.49. The maximum atomic E-state index is 12.7. The van der Waals surface area contributed by atoms with Crippen LogP contribution < -0.4 is 15.0 Å². The molecular weight excluding hydrogens is 459 g/mol. The lowest BCUT2D eigenvalue weighted by molar-refractivity contribution is -0.137. The average molecular weight is 488 g/mol. The predicted molar refractivity (Wildman–Crippen MR) is 129 cm³/mol. The Bertz CT molecular complexity index is 1190. The molecule has 35 heavy (non-hydrogen) atoms. The van der Waals surface area contributed by atoms with E-state index >= 15 is 0 Å². The van der Waals surface area contributed by atoms with Gasteiger partial charge in [-0.2, -0.15) is 13.2 Å². The molecule has 0 unspecified atom stereocenters. The Labute approximate surface area is 201 Å². The number of nitrogens with zero attached hydrogens (tertiary/aromatic N) is 4. The molecule has 1 N–H and O–H groups in total. The Balaban J connectivity index is 1.38. The molecule has 7 nitrogen and oxygen atoms in total. The van der Waals surface area contributed by atoms with Gasteiger partial charge in [-0.05, 0) is 63.2 Å². The highest BCUT2D eigenvalue weighted by atomic mass is 19.4. The van der Waals surface area contributed by atoms with E-state index in [1.165, 1.54) is 12.1 Å². The number of ether oxygens (including phenoxy) is 1. The monoisotopic (exact) mass is 487 g/mol. The van der Waals surface area contributed by atoms with E-state index in [1.807, 2.05) is 13.0 Å². The molecule has 2 aromatic carbocycles. The zero-order chi connectivity index (χ0) is 25.2. The quantitative estimate of drug-likeness (QED) is 0.552. The van der Waals surface area contributed by atoms with Gasteiger partial charge >= 0.3 is 6.18 Å². The number of anilines is 2. The largest absolute Gasteiger partial charge is 0.484 e. The second-order valence-corrected chi connectivity index (χ2v) is 8.82. The van der Waals surface area contributed by atoms with Crippen LogP contribution in [0.1, 0.15) is 25.1 Å². The molecule has 186 valence electrons. The summed E-state index contributed by atoms with van der Waals surface area (Å²) in [6, 6.07) is 10.1. The molecule has 10 heteroatoms. The number of aryl methyl sites for hydroxylation is 1. The van der Waals surface area contributed by atoms with Gasteiger partial charge < -0.3 is 15.0 Å². The SMILES string of the molecule is Cc1nc(N2CCN(C(C)C)CC2)nc2ccc(NC(=O)COc3ccc(C(F)(F)F)cc3)cc12. The molecule has 0 spiro atoms. The molecule has 1 aromatic heterocycles. The zero-order valence-corrected chi connectivity index (χ0v) is 19.9. The van der Waals surface area contributed by atoms with Gasteiger partial charge in [-0.25, -0.2) is 9.97 Å². The van der Waals surface area contributed by atoms with Crippen molar-refractivity contribution >= 4 is 28.4 Å². The highest BCUT2D eigenvalue weighted by Crippen LogP contribution is 2.30.